The first-order chi connectivity index (χ1) is 9.22. The number of carbonyl (C=O) groups is 1. The van der Waals surface area contributed by atoms with E-state index in [-0.39, 0.29) is 24.2 Å². The minimum absolute atomic E-state index is 0.0709. The fraction of sp³-hybridized carbons (Fsp3) is 0.933. The van der Waals surface area contributed by atoms with Gasteiger partial charge in [-0.1, -0.05) is 13.8 Å². The van der Waals surface area contributed by atoms with Crippen LogP contribution in [0.15, 0.2) is 0 Å². The molecular weight excluding hydrogens is 258 g/mol. The van der Waals surface area contributed by atoms with Crippen LogP contribution in [0.1, 0.15) is 41.5 Å². The largest absolute Gasteiger partial charge is 0.377 e. The zero-order chi connectivity index (χ0) is 15.6. The first kappa shape index (κ1) is 19.4. The van der Waals surface area contributed by atoms with E-state index in [9.17, 15) is 4.79 Å². The average molecular weight is 289 g/mol. The van der Waals surface area contributed by atoms with Crippen LogP contribution in [0.5, 0.6) is 0 Å². The van der Waals surface area contributed by atoms with Crippen LogP contribution in [0.3, 0.4) is 0 Å². The van der Waals surface area contributed by atoms with Crippen molar-refractivity contribution in [3.05, 3.63) is 0 Å². The average Bonchev–Trinajstić information content (AvgIpc) is 2.29. The SMILES string of the molecule is CC(C)[C@H](C)OCCOCCOCC(=O)NC(C)(C)C. The van der Waals surface area contributed by atoms with Crippen molar-refractivity contribution in [2.45, 2.75) is 53.2 Å². The molecule has 0 bridgehead atoms. The third-order valence-electron chi connectivity index (χ3n) is 2.67. The minimum atomic E-state index is -0.221. The van der Waals surface area contributed by atoms with Crippen molar-refractivity contribution in [2.24, 2.45) is 5.92 Å². The molecule has 1 N–H and O–H groups in total. The van der Waals surface area contributed by atoms with Gasteiger partial charge in [0.1, 0.15) is 6.61 Å². The molecule has 0 saturated carbocycles. The van der Waals surface area contributed by atoms with Crippen molar-refractivity contribution in [1.82, 2.24) is 5.32 Å². The van der Waals surface area contributed by atoms with Crippen LogP contribution < -0.4 is 5.32 Å². The smallest absolute Gasteiger partial charge is 0.246 e. The standard InChI is InChI=1S/C15H31NO4/c1-12(2)13(3)20-10-9-18-7-8-19-11-14(17)16-15(4,5)6/h12-13H,7-11H2,1-6H3,(H,16,17)/t13-/m0/s1. The Balaban J connectivity index is 3.35. The number of hydrogen-bond donors (Lipinski definition) is 1. The van der Waals surface area contributed by atoms with Gasteiger partial charge in [-0.3, -0.25) is 4.79 Å². The van der Waals surface area contributed by atoms with Gasteiger partial charge in [-0.2, -0.15) is 0 Å². The van der Waals surface area contributed by atoms with Crippen LogP contribution in [0.4, 0.5) is 0 Å². The van der Waals surface area contributed by atoms with Crippen LogP contribution >= 0.6 is 0 Å². The number of nitrogens with one attached hydrogen (secondary N) is 1. The lowest BCUT2D eigenvalue weighted by Gasteiger charge is -2.20. The summed E-state index contributed by atoms with van der Waals surface area (Å²) < 4.78 is 16.2. The summed E-state index contributed by atoms with van der Waals surface area (Å²) in [5.41, 5.74) is -0.221. The van der Waals surface area contributed by atoms with Gasteiger partial charge in [-0.05, 0) is 33.6 Å². The maximum Gasteiger partial charge on any atom is 0.246 e. The minimum Gasteiger partial charge on any atom is -0.377 e. The van der Waals surface area contributed by atoms with Crippen LogP contribution in [0.25, 0.3) is 0 Å². The zero-order valence-corrected chi connectivity index (χ0v) is 13.8. The molecule has 0 aliphatic heterocycles. The van der Waals surface area contributed by atoms with E-state index < -0.39 is 0 Å². The highest BCUT2D eigenvalue weighted by Gasteiger charge is 2.13. The van der Waals surface area contributed by atoms with Crippen LogP contribution in [-0.4, -0.2) is 50.6 Å². The van der Waals surface area contributed by atoms with Crippen molar-refractivity contribution < 1.29 is 19.0 Å². The number of carbonyl (C=O) groups excluding carboxylic acids is 1. The Kier molecular flexibility index (Phi) is 9.80. The van der Waals surface area contributed by atoms with Crippen LogP contribution in [-0.2, 0) is 19.0 Å². The first-order valence-electron chi connectivity index (χ1n) is 7.30. The summed E-state index contributed by atoms with van der Waals surface area (Å²) in [7, 11) is 0. The quantitative estimate of drug-likeness (QED) is 0.625. The number of hydrogen-bond acceptors (Lipinski definition) is 4. The molecule has 0 spiro atoms. The lowest BCUT2D eigenvalue weighted by molar-refractivity contribution is -0.127. The van der Waals surface area contributed by atoms with Crippen molar-refractivity contribution in [3.8, 4) is 0 Å². The lowest BCUT2D eigenvalue weighted by Crippen LogP contribution is -2.42. The maximum atomic E-state index is 11.4. The van der Waals surface area contributed by atoms with Crippen LogP contribution in [0, 0.1) is 5.92 Å². The third-order valence-corrected chi connectivity index (χ3v) is 2.67. The molecule has 0 saturated heterocycles. The van der Waals surface area contributed by atoms with Gasteiger partial charge in [0.25, 0.3) is 0 Å². The second-order valence-corrected chi connectivity index (χ2v) is 6.28. The van der Waals surface area contributed by atoms with Gasteiger partial charge in [-0.15, -0.1) is 0 Å². The summed E-state index contributed by atoms with van der Waals surface area (Å²) >= 11 is 0. The molecule has 5 heteroatoms. The van der Waals surface area contributed by atoms with E-state index in [1.807, 2.05) is 20.8 Å². The van der Waals surface area contributed by atoms with Gasteiger partial charge < -0.3 is 19.5 Å². The van der Waals surface area contributed by atoms with Crippen molar-refractivity contribution >= 4 is 5.91 Å². The molecule has 0 aromatic rings. The Morgan fingerprint density at radius 2 is 1.55 bits per heavy atom. The molecule has 1 atom stereocenters. The molecule has 0 fully saturated rings. The molecule has 0 heterocycles. The normalized spacial score (nSPS) is 13.6. The Hall–Kier alpha value is -0.650. The van der Waals surface area contributed by atoms with Gasteiger partial charge in [0, 0.05) is 5.54 Å². The molecule has 0 unspecified atom stereocenters. The van der Waals surface area contributed by atoms with Gasteiger partial charge in [-0.25, -0.2) is 0 Å². The van der Waals surface area contributed by atoms with E-state index in [4.69, 9.17) is 14.2 Å². The summed E-state index contributed by atoms with van der Waals surface area (Å²) in [6.07, 6.45) is 0.246. The predicted octanol–water partition coefficient (Wildman–Crippen LogP) is 2.00. The molecule has 120 valence electrons. The van der Waals surface area contributed by atoms with E-state index in [0.717, 1.165) is 0 Å². The topological polar surface area (TPSA) is 56.8 Å². The van der Waals surface area contributed by atoms with Crippen LogP contribution in [0.2, 0.25) is 0 Å². The van der Waals surface area contributed by atoms with Gasteiger partial charge in [0.05, 0.1) is 32.5 Å². The third kappa shape index (κ3) is 12.4. The summed E-state index contributed by atoms with van der Waals surface area (Å²) in [5.74, 6) is 0.409. The molecule has 0 radical (unpaired) electrons. The van der Waals surface area contributed by atoms with E-state index in [1.54, 1.807) is 0 Å². The number of ether oxygens (including phenoxy) is 3. The maximum absolute atomic E-state index is 11.4. The van der Waals surface area contributed by atoms with Crippen molar-refractivity contribution in [1.29, 1.82) is 0 Å². The summed E-state index contributed by atoms with van der Waals surface area (Å²) in [5, 5.41) is 2.83. The molecule has 0 aliphatic carbocycles. The molecule has 1 amide bonds. The molecule has 0 rings (SSSR count). The van der Waals surface area contributed by atoms with E-state index in [0.29, 0.717) is 32.3 Å². The van der Waals surface area contributed by atoms with E-state index in [2.05, 4.69) is 26.1 Å². The molecular formula is C15H31NO4. The highest BCUT2D eigenvalue weighted by atomic mass is 16.5. The zero-order valence-electron chi connectivity index (χ0n) is 13.8. The van der Waals surface area contributed by atoms with Gasteiger partial charge in [0.2, 0.25) is 5.91 Å². The Morgan fingerprint density at radius 1 is 1.00 bits per heavy atom. The van der Waals surface area contributed by atoms with Crippen molar-refractivity contribution in [2.75, 3.05) is 33.0 Å². The predicted molar refractivity (Wildman–Crippen MR) is 79.8 cm³/mol. The lowest BCUT2D eigenvalue weighted by atomic mass is 10.1. The summed E-state index contributed by atoms with van der Waals surface area (Å²) in [4.78, 5) is 11.4. The highest BCUT2D eigenvalue weighted by molar-refractivity contribution is 5.77. The Bertz CT molecular complexity index is 261. The molecule has 20 heavy (non-hydrogen) atoms. The van der Waals surface area contributed by atoms with Gasteiger partial charge >= 0.3 is 0 Å². The fourth-order valence-corrected chi connectivity index (χ4v) is 1.32. The Morgan fingerprint density at radius 3 is 2.10 bits per heavy atom. The van der Waals surface area contributed by atoms with E-state index >= 15 is 0 Å². The highest BCUT2D eigenvalue weighted by Crippen LogP contribution is 2.04. The molecule has 0 aromatic heterocycles. The molecule has 0 aliphatic rings. The molecule has 0 aromatic carbocycles. The number of rotatable bonds is 10. The summed E-state index contributed by atoms with van der Waals surface area (Å²) in [6, 6.07) is 0. The first-order valence-corrected chi connectivity index (χ1v) is 7.30. The van der Waals surface area contributed by atoms with E-state index in [1.165, 1.54) is 0 Å². The second kappa shape index (κ2) is 10.1. The number of amides is 1. The molecule has 5 nitrogen and oxygen atoms in total. The summed E-state index contributed by atoms with van der Waals surface area (Å²) in [6.45, 7) is 14.2. The Labute approximate surface area is 123 Å². The fourth-order valence-electron chi connectivity index (χ4n) is 1.32. The van der Waals surface area contributed by atoms with Crippen molar-refractivity contribution in [3.63, 3.8) is 0 Å². The monoisotopic (exact) mass is 289 g/mol. The van der Waals surface area contributed by atoms with Gasteiger partial charge in [0.15, 0.2) is 0 Å². The second-order valence-electron chi connectivity index (χ2n) is 6.28.